The monoisotopic (exact) mass is 350 g/mol. The van der Waals surface area contributed by atoms with Crippen LogP contribution < -0.4 is 0 Å². The highest BCUT2D eigenvalue weighted by Crippen LogP contribution is 2.45. The number of aromatic hydroxyl groups is 2. The number of carboxylic acids is 2. The molecule has 0 saturated carbocycles. The summed E-state index contributed by atoms with van der Waals surface area (Å²) in [6, 6.07) is 14.7. The van der Waals surface area contributed by atoms with Gasteiger partial charge in [-0.05, 0) is 29.8 Å². The first-order valence-electron chi connectivity index (χ1n) is 7.62. The summed E-state index contributed by atoms with van der Waals surface area (Å²) in [5.74, 6) is -3.09. The van der Waals surface area contributed by atoms with E-state index in [1.165, 1.54) is 42.5 Å². The molecule has 0 aliphatic carbocycles. The van der Waals surface area contributed by atoms with Crippen LogP contribution in [0.1, 0.15) is 20.7 Å². The Balaban J connectivity index is 2.31. The van der Waals surface area contributed by atoms with E-state index in [2.05, 4.69) is 0 Å². The summed E-state index contributed by atoms with van der Waals surface area (Å²) in [5.41, 5.74) is 0.376. The number of hydrogen-bond donors (Lipinski definition) is 4. The average Bonchev–Trinajstić information content (AvgIpc) is 2.62. The van der Waals surface area contributed by atoms with Crippen LogP contribution in [0.15, 0.2) is 60.7 Å². The van der Waals surface area contributed by atoms with E-state index in [0.29, 0.717) is 0 Å². The Morgan fingerprint density at radius 3 is 1.69 bits per heavy atom. The van der Waals surface area contributed by atoms with Crippen molar-refractivity contribution in [3.8, 4) is 33.8 Å². The first-order chi connectivity index (χ1) is 12.4. The van der Waals surface area contributed by atoms with Crippen molar-refractivity contribution < 1.29 is 30.0 Å². The maximum Gasteiger partial charge on any atom is 0.336 e. The molecule has 26 heavy (non-hydrogen) atoms. The summed E-state index contributed by atoms with van der Waals surface area (Å²) >= 11 is 0. The number of carbonyl (C=O) groups is 2. The minimum absolute atomic E-state index is 0.0223. The van der Waals surface area contributed by atoms with Gasteiger partial charge in [-0.3, -0.25) is 0 Å². The number of phenols is 2. The molecule has 4 N–H and O–H groups in total. The lowest BCUT2D eigenvalue weighted by molar-refractivity contribution is 0.0687. The molecule has 0 saturated heterocycles. The zero-order valence-electron chi connectivity index (χ0n) is 13.4. The van der Waals surface area contributed by atoms with Crippen LogP contribution in [0.2, 0.25) is 0 Å². The van der Waals surface area contributed by atoms with Crippen molar-refractivity contribution in [1.82, 2.24) is 0 Å². The van der Waals surface area contributed by atoms with E-state index in [4.69, 9.17) is 0 Å². The van der Waals surface area contributed by atoms with Gasteiger partial charge in [0, 0.05) is 11.1 Å². The summed E-state index contributed by atoms with van der Waals surface area (Å²) < 4.78 is 0. The molecule has 0 unspecified atom stereocenters. The smallest absolute Gasteiger partial charge is 0.336 e. The minimum Gasteiger partial charge on any atom is -0.507 e. The highest BCUT2D eigenvalue weighted by atomic mass is 16.4. The molecule has 0 spiro atoms. The fourth-order valence-electron chi connectivity index (χ4n) is 2.86. The summed E-state index contributed by atoms with van der Waals surface area (Å²) in [6.07, 6.45) is 0. The number of carboxylic acid groups (broad SMARTS) is 2. The van der Waals surface area contributed by atoms with Gasteiger partial charge in [0.25, 0.3) is 0 Å². The number of hydrogen-bond acceptors (Lipinski definition) is 4. The Morgan fingerprint density at radius 1 is 0.615 bits per heavy atom. The second-order valence-electron chi connectivity index (χ2n) is 5.56. The second-order valence-corrected chi connectivity index (χ2v) is 5.56. The third kappa shape index (κ3) is 2.84. The Labute approximate surface area is 148 Å². The van der Waals surface area contributed by atoms with Crippen LogP contribution in [0.5, 0.6) is 11.5 Å². The highest BCUT2D eigenvalue weighted by molar-refractivity contribution is 6.01. The lowest BCUT2D eigenvalue weighted by Gasteiger charge is -2.15. The molecule has 0 aliphatic rings. The molecule has 6 nitrogen and oxygen atoms in total. The first-order valence-corrected chi connectivity index (χ1v) is 7.62. The second kappa shape index (κ2) is 6.60. The fraction of sp³-hybridized carbons (Fsp3) is 0. The third-order valence-corrected chi connectivity index (χ3v) is 4.03. The van der Waals surface area contributed by atoms with E-state index in [1.807, 2.05) is 0 Å². The summed E-state index contributed by atoms with van der Waals surface area (Å²) in [7, 11) is 0. The van der Waals surface area contributed by atoms with Gasteiger partial charge in [-0.1, -0.05) is 36.4 Å². The Hall–Kier alpha value is -3.80. The van der Waals surface area contributed by atoms with Crippen molar-refractivity contribution in [3.63, 3.8) is 0 Å². The van der Waals surface area contributed by atoms with Gasteiger partial charge in [-0.2, -0.15) is 0 Å². The van der Waals surface area contributed by atoms with Gasteiger partial charge in [-0.15, -0.1) is 0 Å². The van der Waals surface area contributed by atoms with Gasteiger partial charge in [0.2, 0.25) is 0 Å². The van der Waals surface area contributed by atoms with E-state index in [0.717, 1.165) is 0 Å². The van der Waals surface area contributed by atoms with Crippen LogP contribution in [0, 0.1) is 0 Å². The van der Waals surface area contributed by atoms with Gasteiger partial charge in [-0.25, -0.2) is 9.59 Å². The maximum absolute atomic E-state index is 11.5. The molecule has 0 heterocycles. The third-order valence-electron chi connectivity index (χ3n) is 4.03. The van der Waals surface area contributed by atoms with Crippen LogP contribution in [-0.2, 0) is 0 Å². The van der Waals surface area contributed by atoms with Crippen molar-refractivity contribution in [2.45, 2.75) is 0 Å². The molecule has 3 rings (SSSR count). The van der Waals surface area contributed by atoms with E-state index in [1.54, 1.807) is 18.2 Å². The van der Waals surface area contributed by atoms with Gasteiger partial charge in [0.15, 0.2) is 0 Å². The Morgan fingerprint density at radius 2 is 1.12 bits per heavy atom. The van der Waals surface area contributed by atoms with Crippen molar-refractivity contribution in [3.05, 3.63) is 71.8 Å². The van der Waals surface area contributed by atoms with Crippen LogP contribution >= 0.6 is 0 Å². The number of benzene rings is 3. The molecule has 6 heteroatoms. The van der Waals surface area contributed by atoms with Crippen LogP contribution in [0.25, 0.3) is 22.3 Å². The van der Waals surface area contributed by atoms with Gasteiger partial charge < -0.3 is 20.4 Å². The lowest BCUT2D eigenvalue weighted by atomic mass is 9.92. The summed E-state index contributed by atoms with van der Waals surface area (Å²) in [5, 5.41) is 39.7. The topological polar surface area (TPSA) is 115 Å². The largest absolute Gasteiger partial charge is 0.507 e. The van der Waals surface area contributed by atoms with Crippen molar-refractivity contribution in [2.24, 2.45) is 0 Å². The normalized spacial score (nSPS) is 10.5. The van der Waals surface area contributed by atoms with Gasteiger partial charge in [0.05, 0.1) is 16.7 Å². The van der Waals surface area contributed by atoms with Crippen LogP contribution in [0.4, 0.5) is 0 Å². The molecule has 0 radical (unpaired) electrons. The summed E-state index contributed by atoms with van der Waals surface area (Å²) in [6.45, 7) is 0. The first kappa shape index (κ1) is 17.0. The molecule has 130 valence electrons. The van der Waals surface area contributed by atoms with Crippen LogP contribution in [-0.4, -0.2) is 32.4 Å². The van der Waals surface area contributed by atoms with Crippen LogP contribution in [0.3, 0.4) is 0 Å². The lowest BCUT2D eigenvalue weighted by Crippen LogP contribution is -2.01. The van der Waals surface area contributed by atoms with Gasteiger partial charge in [0.1, 0.15) is 11.5 Å². The van der Waals surface area contributed by atoms with Crippen molar-refractivity contribution in [1.29, 1.82) is 0 Å². The quantitative estimate of drug-likeness (QED) is 0.568. The predicted octanol–water partition coefficient (Wildman–Crippen LogP) is 3.83. The zero-order chi connectivity index (χ0) is 18.8. The fourth-order valence-corrected chi connectivity index (χ4v) is 2.86. The van der Waals surface area contributed by atoms with E-state index in [9.17, 15) is 30.0 Å². The minimum atomic E-state index is -1.21. The molecule has 3 aromatic carbocycles. The molecule has 0 aliphatic heterocycles. The average molecular weight is 350 g/mol. The standard InChI is InChI=1S/C20H14O6/c21-16-10-9-13(11-5-1-3-7-14(11)19(23)24)18(22)17(16)12-6-2-4-8-15(12)20(25)26/h1-10,21-22H,(H,23,24)(H,25,26). The molecule has 0 atom stereocenters. The van der Waals surface area contributed by atoms with Gasteiger partial charge >= 0.3 is 11.9 Å². The van der Waals surface area contributed by atoms with E-state index in [-0.39, 0.29) is 39.1 Å². The Bertz CT molecular complexity index is 1020. The SMILES string of the molecule is O=C(O)c1ccccc1-c1ccc(O)c(-c2ccccc2C(=O)O)c1O. The molecule has 0 amide bonds. The number of aromatic carboxylic acids is 2. The van der Waals surface area contributed by atoms with E-state index < -0.39 is 17.7 Å². The zero-order valence-corrected chi connectivity index (χ0v) is 13.4. The summed E-state index contributed by atoms with van der Waals surface area (Å²) in [4.78, 5) is 22.9. The molecular formula is C20H14O6. The number of phenolic OH excluding ortho intramolecular Hbond substituents is 2. The van der Waals surface area contributed by atoms with Crippen molar-refractivity contribution in [2.75, 3.05) is 0 Å². The highest BCUT2D eigenvalue weighted by Gasteiger charge is 2.22. The van der Waals surface area contributed by atoms with E-state index >= 15 is 0 Å². The maximum atomic E-state index is 11.5. The Kier molecular flexibility index (Phi) is 4.33. The molecule has 0 aromatic heterocycles. The van der Waals surface area contributed by atoms with Crippen molar-refractivity contribution >= 4 is 11.9 Å². The molecule has 0 fully saturated rings. The molecule has 0 bridgehead atoms. The molecular weight excluding hydrogens is 336 g/mol. The predicted molar refractivity (Wildman–Crippen MR) is 94.6 cm³/mol. The molecule has 3 aromatic rings. The number of rotatable bonds is 4.